The Hall–Kier alpha value is -1.76. The Morgan fingerprint density at radius 1 is 1.33 bits per heavy atom. The molecule has 1 heterocycles. The summed E-state index contributed by atoms with van der Waals surface area (Å²) in [5.74, 6) is -0.108. The Balaban J connectivity index is 2.61. The van der Waals surface area contributed by atoms with Crippen molar-refractivity contribution >= 4 is 15.9 Å². The molecule has 0 bridgehead atoms. The first-order valence-corrected chi connectivity index (χ1v) is 6.90. The average molecular weight is 271 g/mol. The van der Waals surface area contributed by atoms with Crippen LogP contribution in [0.25, 0.3) is 0 Å². The van der Waals surface area contributed by atoms with Gasteiger partial charge in [0.2, 0.25) is 0 Å². The fraction of sp³-hybridized carbons (Fsp3) is 0.364. The highest BCUT2D eigenvalue weighted by Crippen LogP contribution is 2.35. The first-order chi connectivity index (χ1) is 8.49. The summed E-state index contributed by atoms with van der Waals surface area (Å²) in [6.07, 6.45) is 0.750. The number of carbonyl (C=O) groups is 1. The maximum Gasteiger partial charge on any atom is 0.270 e. The number of hydrogen-bond donors (Lipinski definition) is 1. The van der Waals surface area contributed by atoms with Gasteiger partial charge in [-0.1, -0.05) is 6.92 Å². The van der Waals surface area contributed by atoms with Gasteiger partial charge in [0.1, 0.15) is 22.0 Å². The van der Waals surface area contributed by atoms with E-state index in [0.717, 1.165) is 6.42 Å². The van der Waals surface area contributed by atoms with E-state index in [4.69, 9.17) is 9.47 Å². The Labute approximate surface area is 105 Å². The summed E-state index contributed by atoms with van der Waals surface area (Å²) in [5.41, 5.74) is 0.0456. The first-order valence-electron chi connectivity index (χ1n) is 5.41. The van der Waals surface area contributed by atoms with Crippen molar-refractivity contribution in [3.8, 4) is 11.5 Å². The largest absolute Gasteiger partial charge is 0.497 e. The lowest BCUT2D eigenvalue weighted by molar-refractivity contribution is 0.0981. The summed E-state index contributed by atoms with van der Waals surface area (Å²) in [6, 6.07) is 2.82. The van der Waals surface area contributed by atoms with Crippen molar-refractivity contribution in [2.75, 3.05) is 13.7 Å². The molecule has 1 aromatic carbocycles. The van der Waals surface area contributed by atoms with E-state index in [9.17, 15) is 13.2 Å². The molecule has 18 heavy (non-hydrogen) atoms. The van der Waals surface area contributed by atoms with Crippen LogP contribution in [0.3, 0.4) is 0 Å². The van der Waals surface area contributed by atoms with Gasteiger partial charge in [-0.15, -0.1) is 0 Å². The third-order valence-corrected chi connectivity index (χ3v) is 3.84. The molecule has 2 rings (SSSR count). The number of nitrogens with one attached hydrogen (secondary N) is 1. The van der Waals surface area contributed by atoms with Crippen LogP contribution >= 0.6 is 0 Å². The molecule has 0 aromatic heterocycles. The van der Waals surface area contributed by atoms with Crippen molar-refractivity contribution in [3.05, 3.63) is 17.7 Å². The van der Waals surface area contributed by atoms with E-state index >= 15 is 0 Å². The third kappa shape index (κ3) is 2.01. The lowest BCUT2D eigenvalue weighted by Crippen LogP contribution is -2.21. The highest BCUT2D eigenvalue weighted by molar-refractivity contribution is 7.90. The number of fused-ring (bicyclic) bond motifs is 1. The molecule has 0 aliphatic carbocycles. The molecule has 1 aliphatic heterocycles. The van der Waals surface area contributed by atoms with E-state index in [1.165, 1.54) is 19.2 Å². The van der Waals surface area contributed by atoms with Crippen LogP contribution in [0.1, 0.15) is 23.7 Å². The molecule has 1 amide bonds. The van der Waals surface area contributed by atoms with Crippen molar-refractivity contribution in [2.45, 2.75) is 18.2 Å². The molecule has 0 spiro atoms. The molecule has 7 heteroatoms. The summed E-state index contributed by atoms with van der Waals surface area (Å²) in [5, 5.41) is 0. The predicted molar refractivity (Wildman–Crippen MR) is 63.4 cm³/mol. The second-order valence-electron chi connectivity index (χ2n) is 3.78. The van der Waals surface area contributed by atoms with Crippen LogP contribution in [0.15, 0.2) is 17.0 Å². The molecular formula is C11H13NO5S. The number of ether oxygens (including phenoxy) is 2. The maximum atomic E-state index is 11.7. The van der Waals surface area contributed by atoms with Gasteiger partial charge in [-0.05, 0) is 6.42 Å². The van der Waals surface area contributed by atoms with Crippen LogP contribution in [0, 0.1) is 0 Å². The molecule has 0 fully saturated rings. The van der Waals surface area contributed by atoms with E-state index in [1.807, 2.05) is 11.6 Å². The number of amides is 1. The fourth-order valence-corrected chi connectivity index (χ4v) is 2.86. The zero-order chi connectivity index (χ0) is 13.3. The number of sulfonamides is 1. The first kappa shape index (κ1) is 12.7. The van der Waals surface area contributed by atoms with Crippen molar-refractivity contribution in [1.29, 1.82) is 0 Å². The zero-order valence-corrected chi connectivity index (χ0v) is 10.8. The molecule has 1 aromatic rings. The van der Waals surface area contributed by atoms with E-state index in [1.54, 1.807) is 0 Å². The number of hydrogen-bond acceptors (Lipinski definition) is 5. The van der Waals surface area contributed by atoms with Gasteiger partial charge in [0, 0.05) is 12.1 Å². The maximum absolute atomic E-state index is 11.7. The van der Waals surface area contributed by atoms with E-state index in [2.05, 4.69) is 0 Å². The van der Waals surface area contributed by atoms with Gasteiger partial charge in [0.25, 0.3) is 15.9 Å². The van der Waals surface area contributed by atoms with E-state index in [-0.39, 0.29) is 16.2 Å². The predicted octanol–water partition coefficient (Wildman–Crippen LogP) is 0.916. The smallest absolute Gasteiger partial charge is 0.270 e. The van der Waals surface area contributed by atoms with Crippen LogP contribution in [-0.4, -0.2) is 28.0 Å². The van der Waals surface area contributed by atoms with Crippen LogP contribution in [0.2, 0.25) is 0 Å². The quantitative estimate of drug-likeness (QED) is 0.880. The van der Waals surface area contributed by atoms with E-state index < -0.39 is 15.9 Å². The van der Waals surface area contributed by atoms with Crippen LogP contribution in [0.4, 0.5) is 0 Å². The molecule has 1 aliphatic rings. The number of rotatable bonds is 4. The van der Waals surface area contributed by atoms with Gasteiger partial charge in [-0.25, -0.2) is 13.1 Å². The Morgan fingerprint density at radius 3 is 2.67 bits per heavy atom. The molecule has 0 saturated carbocycles. The highest BCUT2D eigenvalue weighted by Gasteiger charge is 2.36. The molecule has 0 radical (unpaired) electrons. The van der Waals surface area contributed by atoms with Gasteiger partial charge < -0.3 is 9.47 Å². The zero-order valence-electron chi connectivity index (χ0n) is 10.0. The monoisotopic (exact) mass is 271 g/mol. The molecular weight excluding hydrogens is 258 g/mol. The third-order valence-electron chi connectivity index (χ3n) is 2.48. The minimum Gasteiger partial charge on any atom is -0.497 e. The molecule has 0 unspecified atom stereocenters. The van der Waals surface area contributed by atoms with Gasteiger partial charge >= 0.3 is 0 Å². The van der Waals surface area contributed by atoms with E-state index in [0.29, 0.717) is 12.4 Å². The molecule has 0 saturated heterocycles. The fourth-order valence-electron chi connectivity index (χ4n) is 1.67. The molecule has 98 valence electrons. The normalized spacial score (nSPS) is 16.0. The minimum atomic E-state index is -3.79. The second kappa shape index (κ2) is 4.49. The molecule has 0 atom stereocenters. The summed E-state index contributed by atoms with van der Waals surface area (Å²) >= 11 is 0. The second-order valence-corrected chi connectivity index (χ2v) is 5.43. The Bertz CT molecular complexity index is 594. The lowest BCUT2D eigenvalue weighted by atomic mass is 10.2. The number of benzene rings is 1. The van der Waals surface area contributed by atoms with Gasteiger partial charge in [-0.2, -0.15) is 0 Å². The Kier molecular flexibility index (Phi) is 3.16. The SMILES string of the molecule is CCCOc1cc(OC)cc2c1C(=O)NS2(=O)=O. The van der Waals surface area contributed by atoms with Crippen molar-refractivity contribution in [3.63, 3.8) is 0 Å². The summed E-state index contributed by atoms with van der Waals surface area (Å²) in [6.45, 7) is 2.31. The standard InChI is InChI=1S/C11H13NO5S/c1-3-4-17-8-5-7(16-2)6-9-10(8)11(13)12-18(9,14)15/h5-6H,3-4H2,1-2H3,(H,12,13). The average Bonchev–Trinajstić information content (AvgIpc) is 2.56. The van der Waals surface area contributed by atoms with Gasteiger partial charge in [0.15, 0.2) is 0 Å². The lowest BCUT2D eigenvalue weighted by Gasteiger charge is -2.09. The number of carbonyl (C=O) groups excluding carboxylic acids is 1. The number of methoxy groups -OCH3 is 1. The molecule has 6 nitrogen and oxygen atoms in total. The van der Waals surface area contributed by atoms with Crippen LogP contribution < -0.4 is 14.2 Å². The minimum absolute atomic E-state index is 0.0456. The Morgan fingerprint density at radius 2 is 2.06 bits per heavy atom. The van der Waals surface area contributed by atoms with Gasteiger partial charge in [-0.3, -0.25) is 4.79 Å². The summed E-state index contributed by atoms with van der Waals surface area (Å²) in [4.78, 5) is 11.6. The van der Waals surface area contributed by atoms with Crippen LogP contribution in [-0.2, 0) is 10.0 Å². The van der Waals surface area contributed by atoms with Crippen molar-refractivity contribution in [1.82, 2.24) is 4.72 Å². The summed E-state index contributed by atoms with van der Waals surface area (Å²) in [7, 11) is -2.38. The highest BCUT2D eigenvalue weighted by atomic mass is 32.2. The van der Waals surface area contributed by atoms with Crippen LogP contribution in [0.5, 0.6) is 11.5 Å². The topological polar surface area (TPSA) is 81.7 Å². The van der Waals surface area contributed by atoms with Crippen molar-refractivity contribution < 1.29 is 22.7 Å². The summed E-state index contributed by atoms with van der Waals surface area (Å²) < 4.78 is 35.8. The molecule has 1 N–H and O–H groups in total. The van der Waals surface area contributed by atoms with Gasteiger partial charge in [0.05, 0.1) is 13.7 Å². The van der Waals surface area contributed by atoms with Crippen molar-refractivity contribution in [2.24, 2.45) is 0 Å².